The number of sulfone groups is 1. The molecule has 5 rings (SSSR count). The molecular weight excluding hydrogens is 749 g/mol. The maximum atomic E-state index is 15.0. The molecule has 0 spiro atoms. The Balaban J connectivity index is 1.34. The Labute approximate surface area is 304 Å². The summed E-state index contributed by atoms with van der Waals surface area (Å²) in [6.45, 7) is 2.00. The Morgan fingerprint density at radius 3 is 2.44 bits per heavy atom. The zero-order valence-electron chi connectivity index (χ0n) is 28.6. The molecule has 1 aromatic heterocycles. The number of methoxy groups -OCH3 is 1. The van der Waals surface area contributed by atoms with Gasteiger partial charge in [0.2, 0.25) is 5.91 Å². The molecule has 1 aliphatic heterocycles. The molecule has 2 fully saturated rings. The van der Waals surface area contributed by atoms with Crippen LogP contribution in [0.15, 0.2) is 35.2 Å². The van der Waals surface area contributed by atoms with Gasteiger partial charge in [-0.15, -0.1) is 11.3 Å². The summed E-state index contributed by atoms with van der Waals surface area (Å²) in [5, 5.41) is 6.83. The van der Waals surface area contributed by atoms with Crippen molar-refractivity contribution in [3.63, 3.8) is 0 Å². The van der Waals surface area contributed by atoms with Gasteiger partial charge in [-0.3, -0.25) is 9.69 Å². The van der Waals surface area contributed by atoms with E-state index in [4.69, 9.17) is 9.47 Å². The van der Waals surface area contributed by atoms with Gasteiger partial charge in [-0.25, -0.2) is 25.9 Å². The van der Waals surface area contributed by atoms with Gasteiger partial charge in [-0.05, 0) is 42.7 Å². The molecule has 0 bridgehead atoms. The highest BCUT2D eigenvalue weighted by Gasteiger charge is 2.33. The van der Waals surface area contributed by atoms with Crippen molar-refractivity contribution in [1.29, 1.82) is 0 Å². The van der Waals surface area contributed by atoms with Crippen LogP contribution < -0.4 is 20.1 Å². The summed E-state index contributed by atoms with van der Waals surface area (Å²) < 4.78 is 118. The van der Waals surface area contributed by atoms with E-state index in [1.165, 1.54) is 7.11 Å². The van der Waals surface area contributed by atoms with E-state index in [9.17, 15) is 39.2 Å². The quantitative estimate of drug-likeness (QED) is 0.132. The third-order valence-electron chi connectivity index (χ3n) is 8.86. The Bertz CT molecular complexity index is 2040. The van der Waals surface area contributed by atoms with Gasteiger partial charge < -0.3 is 20.1 Å². The Morgan fingerprint density at radius 1 is 1.08 bits per heavy atom. The number of amides is 1. The van der Waals surface area contributed by atoms with Crippen LogP contribution in [0.3, 0.4) is 0 Å². The van der Waals surface area contributed by atoms with Gasteiger partial charge in [0.15, 0.2) is 9.84 Å². The molecule has 2 heterocycles. The van der Waals surface area contributed by atoms with E-state index in [1.54, 1.807) is 16.9 Å². The molecule has 1 amide bonds. The first kappa shape index (κ1) is 39.6. The number of benzene rings is 2. The lowest BCUT2D eigenvalue weighted by Gasteiger charge is -2.39. The molecule has 2 aliphatic rings. The van der Waals surface area contributed by atoms with E-state index in [-0.39, 0.29) is 59.2 Å². The van der Waals surface area contributed by atoms with Gasteiger partial charge in [0.05, 0.1) is 52.0 Å². The first-order valence-corrected chi connectivity index (χ1v) is 20.7. The average Bonchev–Trinajstić information content (AvgIpc) is 3.40. The average molecular weight is 789 g/mol. The van der Waals surface area contributed by atoms with Crippen molar-refractivity contribution in [3.05, 3.63) is 46.6 Å². The van der Waals surface area contributed by atoms with Crippen molar-refractivity contribution >= 4 is 58.6 Å². The first-order chi connectivity index (χ1) is 24.5. The number of rotatable bonds is 12. The molecule has 284 valence electrons. The number of fused-ring (bicyclic) bond motifs is 1. The van der Waals surface area contributed by atoms with Crippen molar-refractivity contribution < 1.29 is 48.7 Å². The second-order valence-corrected chi connectivity index (χ2v) is 17.6. The van der Waals surface area contributed by atoms with E-state index >= 15 is 0 Å². The number of hydrogen-bond donors (Lipinski definition) is 3. The Hall–Kier alpha value is -3.63. The number of nitrogens with one attached hydrogen (secondary N) is 3. The minimum absolute atomic E-state index is 0.0205. The number of sulfonamides is 1. The summed E-state index contributed by atoms with van der Waals surface area (Å²) >= 11 is 1.15. The summed E-state index contributed by atoms with van der Waals surface area (Å²) in [6.07, 6.45) is -2.24. The summed E-state index contributed by atoms with van der Waals surface area (Å²) in [7, 11) is -6.07. The van der Waals surface area contributed by atoms with Gasteiger partial charge in [0, 0.05) is 51.3 Å². The monoisotopic (exact) mass is 788 g/mol. The largest absolute Gasteiger partial charge is 0.489 e. The van der Waals surface area contributed by atoms with E-state index in [0.717, 1.165) is 56.1 Å². The van der Waals surface area contributed by atoms with Gasteiger partial charge >= 0.3 is 6.18 Å². The Morgan fingerprint density at radius 2 is 1.79 bits per heavy atom. The smallest absolute Gasteiger partial charge is 0.393 e. The number of nitrogens with zero attached hydrogens (tertiary/aromatic N) is 1. The number of anilines is 2. The normalized spacial score (nSPS) is 19.4. The van der Waals surface area contributed by atoms with Crippen LogP contribution >= 0.6 is 11.3 Å². The van der Waals surface area contributed by atoms with Crippen LogP contribution in [0.4, 0.5) is 28.9 Å². The molecule has 1 saturated heterocycles. The maximum Gasteiger partial charge on any atom is 0.393 e. The van der Waals surface area contributed by atoms with Crippen LogP contribution in [0.5, 0.6) is 5.75 Å². The second-order valence-electron chi connectivity index (χ2n) is 12.7. The molecule has 3 N–H and O–H groups in total. The van der Waals surface area contributed by atoms with E-state index < -0.39 is 49.1 Å². The van der Waals surface area contributed by atoms with E-state index in [2.05, 4.69) is 27.4 Å². The maximum absolute atomic E-state index is 15.0. The van der Waals surface area contributed by atoms with Crippen LogP contribution in [0.2, 0.25) is 0 Å². The molecule has 3 aromatic rings. The molecule has 1 saturated carbocycles. The van der Waals surface area contributed by atoms with E-state index in [0.29, 0.717) is 34.9 Å². The molecule has 18 heteroatoms. The molecule has 1 aliphatic carbocycles. The number of carbonyl (C=O) groups is 1. The first-order valence-electron chi connectivity index (χ1n) is 16.6. The predicted octanol–water partition coefficient (Wildman–Crippen LogP) is 4.91. The fourth-order valence-corrected chi connectivity index (χ4v) is 9.87. The van der Waals surface area contributed by atoms with Crippen LogP contribution in [0.25, 0.3) is 10.1 Å². The number of hydrogen-bond acceptors (Lipinski definition) is 11. The van der Waals surface area contributed by atoms with Gasteiger partial charge in [-0.1, -0.05) is 24.0 Å². The third kappa shape index (κ3) is 10.3. The number of ether oxygens (including phenoxy) is 2. The van der Waals surface area contributed by atoms with Crippen molar-refractivity contribution in [2.75, 3.05) is 62.1 Å². The summed E-state index contributed by atoms with van der Waals surface area (Å²) in [4.78, 5) is 13.0. The second kappa shape index (κ2) is 16.6. The lowest BCUT2D eigenvalue weighted by Crippen LogP contribution is -2.48. The molecule has 0 radical (unpaired) electrons. The van der Waals surface area contributed by atoms with Crippen molar-refractivity contribution in [2.45, 2.75) is 62.2 Å². The SMILES string of the molecule is COCCOc1cc(S(=O)(=O)NC(C)=O)c(F)cc1NCC#Cc1sc2c(NC3CCC(N4CCS(=O)(=O)CC4)CC3)cccc2c1CC(F)(F)F. The molecule has 2 aromatic carbocycles. The molecular formula is C34H40F4N4O7S3. The highest BCUT2D eigenvalue weighted by atomic mass is 32.2. The number of halogens is 4. The minimum Gasteiger partial charge on any atom is -0.489 e. The topological polar surface area (TPSA) is 143 Å². The van der Waals surface area contributed by atoms with Crippen molar-refractivity contribution in [1.82, 2.24) is 9.62 Å². The number of alkyl halides is 3. The molecule has 0 atom stereocenters. The van der Waals surface area contributed by atoms with Crippen molar-refractivity contribution in [2.24, 2.45) is 0 Å². The molecule has 11 nitrogen and oxygen atoms in total. The predicted molar refractivity (Wildman–Crippen MR) is 192 cm³/mol. The fraction of sp³-hybridized carbons (Fsp3) is 0.500. The lowest BCUT2D eigenvalue weighted by atomic mass is 9.90. The van der Waals surface area contributed by atoms with Gasteiger partial charge in [0.25, 0.3) is 10.0 Å². The van der Waals surface area contributed by atoms with Crippen LogP contribution in [-0.2, 0) is 35.8 Å². The van der Waals surface area contributed by atoms with Crippen LogP contribution in [-0.4, -0.2) is 97.4 Å². The van der Waals surface area contributed by atoms with Gasteiger partial charge in [0.1, 0.15) is 23.1 Å². The van der Waals surface area contributed by atoms with E-state index in [1.807, 2.05) is 6.07 Å². The standard InChI is InChI=1S/C34H40F4N4O7S3/c1-22(43)41-52(46,47)32-20-30(49-16-15-48-2)29(19-27(32)35)39-12-4-7-31-26(21-34(36,37)38)25-5-3-6-28(33(25)50-31)40-23-8-10-24(11-9-23)42-13-17-51(44,45)18-14-42/h3,5-6,19-20,23-24,39-40H,8-18,21H2,1-2H3,(H,41,43). The number of carbonyl (C=O) groups excluding carboxylic acids is 1. The molecule has 52 heavy (non-hydrogen) atoms. The number of thiophene rings is 1. The summed E-state index contributed by atoms with van der Waals surface area (Å²) in [6, 6.07) is 7.39. The zero-order chi connectivity index (χ0) is 37.7. The summed E-state index contributed by atoms with van der Waals surface area (Å²) in [5.41, 5.74) is 0.796. The zero-order valence-corrected chi connectivity index (χ0v) is 31.0. The lowest BCUT2D eigenvalue weighted by molar-refractivity contribution is -0.127. The third-order valence-corrected chi connectivity index (χ3v) is 13.1. The fourth-order valence-electron chi connectivity index (χ4n) is 6.40. The Kier molecular flexibility index (Phi) is 12.6. The molecule has 0 unspecified atom stereocenters. The highest BCUT2D eigenvalue weighted by molar-refractivity contribution is 7.91. The van der Waals surface area contributed by atoms with Crippen molar-refractivity contribution in [3.8, 4) is 17.6 Å². The highest BCUT2D eigenvalue weighted by Crippen LogP contribution is 2.40. The van der Waals surface area contributed by atoms with Crippen LogP contribution in [0, 0.1) is 17.7 Å². The van der Waals surface area contributed by atoms with Crippen LogP contribution in [0.1, 0.15) is 43.0 Å². The summed E-state index contributed by atoms with van der Waals surface area (Å²) in [5.74, 6) is 3.86. The minimum atomic E-state index is -4.54. The van der Waals surface area contributed by atoms with Gasteiger partial charge in [-0.2, -0.15) is 13.2 Å².